The lowest BCUT2D eigenvalue weighted by Crippen LogP contribution is -1.87. The van der Waals surface area contributed by atoms with E-state index in [1.165, 1.54) is 27.1 Å². The summed E-state index contributed by atoms with van der Waals surface area (Å²) in [6.45, 7) is 4.31. The van der Waals surface area contributed by atoms with Crippen molar-refractivity contribution in [2.45, 2.75) is 38.5 Å². The molecule has 1 aromatic rings. The molecular formula is C10H14BrClS. The Balaban J connectivity index is 2.64. The van der Waals surface area contributed by atoms with Crippen molar-refractivity contribution in [3.8, 4) is 0 Å². The summed E-state index contributed by atoms with van der Waals surface area (Å²) in [6.07, 6.45) is 3.50. The van der Waals surface area contributed by atoms with Crippen LogP contribution < -0.4 is 0 Å². The van der Waals surface area contributed by atoms with E-state index in [0.29, 0.717) is 0 Å². The molecule has 0 aliphatic heterocycles. The van der Waals surface area contributed by atoms with Crippen molar-refractivity contribution in [2.75, 3.05) is 0 Å². The van der Waals surface area contributed by atoms with Crippen LogP contribution in [0.25, 0.3) is 0 Å². The molecule has 1 atom stereocenters. The molecule has 74 valence electrons. The first-order valence-electron chi connectivity index (χ1n) is 4.55. The molecule has 0 amide bonds. The first kappa shape index (κ1) is 11.5. The summed E-state index contributed by atoms with van der Waals surface area (Å²) >= 11 is 11.6. The molecule has 13 heavy (non-hydrogen) atoms. The molecule has 0 saturated carbocycles. The van der Waals surface area contributed by atoms with E-state index in [-0.39, 0.29) is 5.38 Å². The van der Waals surface area contributed by atoms with Crippen LogP contribution in [-0.2, 0) is 0 Å². The molecule has 1 rings (SSSR count). The second-order valence-electron chi connectivity index (χ2n) is 3.18. The molecule has 0 fully saturated rings. The van der Waals surface area contributed by atoms with Crippen LogP contribution in [0.2, 0.25) is 0 Å². The molecule has 0 aliphatic rings. The van der Waals surface area contributed by atoms with Crippen LogP contribution in [0.1, 0.15) is 41.3 Å². The highest BCUT2D eigenvalue weighted by Gasteiger charge is 2.13. The molecule has 0 radical (unpaired) electrons. The van der Waals surface area contributed by atoms with E-state index in [2.05, 4.69) is 35.8 Å². The van der Waals surface area contributed by atoms with E-state index in [1.807, 2.05) is 0 Å². The molecule has 1 heterocycles. The maximum absolute atomic E-state index is 6.28. The van der Waals surface area contributed by atoms with E-state index in [0.717, 1.165) is 6.42 Å². The fraction of sp³-hybridized carbons (Fsp3) is 0.600. The Hall–Kier alpha value is 0.470. The predicted molar refractivity (Wildman–Crippen MR) is 64.9 cm³/mol. The van der Waals surface area contributed by atoms with E-state index >= 15 is 0 Å². The minimum absolute atomic E-state index is 0.188. The minimum Gasteiger partial charge on any atom is -0.143 e. The molecule has 3 heteroatoms. The SMILES string of the molecule is CCCCC(Cl)c1sc(C)cc1Br. The van der Waals surface area contributed by atoms with Crippen LogP contribution in [-0.4, -0.2) is 0 Å². The molecule has 0 N–H and O–H groups in total. The molecular weight excluding hydrogens is 268 g/mol. The lowest BCUT2D eigenvalue weighted by Gasteiger charge is -2.06. The number of unbranched alkanes of at least 4 members (excludes halogenated alkanes) is 1. The minimum atomic E-state index is 0.188. The summed E-state index contributed by atoms with van der Waals surface area (Å²) in [5.41, 5.74) is 0. The molecule has 0 aliphatic carbocycles. The zero-order chi connectivity index (χ0) is 9.84. The van der Waals surface area contributed by atoms with Crippen LogP contribution in [0.4, 0.5) is 0 Å². The summed E-state index contributed by atoms with van der Waals surface area (Å²) in [7, 11) is 0. The van der Waals surface area contributed by atoms with Gasteiger partial charge < -0.3 is 0 Å². The van der Waals surface area contributed by atoms with E-state index in [4.69, 9.17) is 11.6 Å². The number of aryl methyl sites for hydroxylation is 1. The first-order chi connectivity index (χ1) is 6.15. The normalized spacial score (nSPS) is 13.2. The Kier molecular flexibility index (Phi) is 4.77. The van der Waals surface area contributed by atoms with Gasteiger partial charge in [-0.3, -0.25) is 0 Å². The van der Waals surface area contributed by atoms with Gasteiger partial charge in [0.1, 0.15) is 0 Å². The maximum Gasteiger partial charge on any atom is 0.0690 e. The Morgan fingerprint density at radius 3 is 2.77 bits per heavy atom. The largest absolute Gasteiger partial charge is 0.143 e. The highest BCUT2D eigenvalue weighted by atomic mass is 79.9. The average molecular weight is 282 g/mol. The monoisotopic (exact) mass is 280 g/mol. The van der Waals surface area contributed by atoms with Gasteiger partial charge in [-0.2, -0.15) is 0 Å². The van der Waals surface area contributed by atoms with Gasteiger partial charge in [0.05, 0.1) is 5.38 Å². The van der Waals surface area contributed by atoms with Gasteiger partial charge in [0, 0.05) is 14.2 Å². The molecule has 1 aromatic heterocycles. The summed E-state index contributed by atoms with van der Waals surface area (Å²) in [5, 5.41) is 0.188. The number of alkyl halides is 1. The van der Waals surface area contributed by atoms with Crippen LogP contribution in [0.5, 0.6) is 0 Å². The number of thiophene rings is 1. The fourth-order valence-electron chi connectivity index (χ4n) is 1.23. The second kappa shape index (κ2) is 5.38. The first-order valence-corrected chi connectivity index (χ1v) is 6.59. The number of rotatable bonds is 4. The van der Waals surface area contributed by atoms with Crippen molar-refractivity contribution in [2.24, 2.45) is 0 Å². The number of halogens is 2. The molecule has 0 saturated heterocycles. The van der Waals surface area contributed by atoms with E-state index in [1.54, 1.807) is 11.3 Å². The third kappa shape index (κ3) is 3.26. The van der Waals surface area contributed by atoms with Crippen LogP contribution >= 0.6 is 38.9 Å². The quantitative estimate of drug-likeness (QED) is 0.658. The van der Waals surface area contributed by atoms with Crippen molar-refractivity contribution in [3.05, 3.63) is 20.3 Å². The third-order valence-corrected chi connectivity index (χ3v) is 4.58. The lowest BCUT2D eigenvalue weighted by atomic mass is 10.2. The van der Waals surface area contributed by atoms with Gasteiger partial charge >= 0.3 is 0 Å². The van der Waals surface area contributed by atoms with Crippen molar-refractivity contribution in [1.29, 1.82) is 0 Å². The highest BCUT2D eigenvalue weighted by Crippen LogP contribution is 2.37. The molecule has 0 bridgehead atoms. The Morgan fingerprint density at radius 1 is 1.62 bits per heavy atom. The van der Waals surface area contributed by atoms with Crippen LogP contribution in [0, 0.1) is 6.92 Å². The lowest BCUT2D eigenvalue weighted by molar-refractivity contribution is 0.705. The predicted octanol–water partition coefficient (Wildman–Crippen LogP) is 5.29. The average Bonchev–Trinajstić information content (AvgIpc) is 2.41. The van der Waals surface area contributed by atoms with Crippen molar-refractivity contribution >= 4 is 38.9 Å². The van der Waals surface area contributed by atoms with Gasteiger partial charge in [-0.25, -0.2) is 0 Å². The second-order valence-corrected chi connectivity index (χ2v) is 5.85. The standard InChI is InChI=1S/C10H14BrClS/c1-3-4-5-9(12)10-8(11)6-7(2)13-10/h6,9H,3-5H2,1-2H3. The summed E-state index contributed by atoms with van der Waals surface area (Å²) in [4.78, 5) is 2.61. The van der Waals surface area contributed by atoms with Crippen molar-refractivity contribution in [3.63, 3.8) is 0 Å². The molecule has 0 spiro atoms. The van der Waals surface area contributed by atoms with Crippen LogP contribution in [0.15, 0.2) is 10.5 Å². The molecule has 0 nitrogen and oxygen atoms in total. The van der Waals surface area contributed by atoms with Crippen molar-refractivity contribution < 1.29 is 0 Å². The van der Waals surface area contributed by atoms with Gasteiger partial charge in [-0.05, 0) is 35.3 Å². The number of hydrogen-bond acceptors (Lipinski definition) is 1. The maximum atomic E-state index is 6.28. The zero-order valence-corrected chi connectivity index (χ0v) is 11.1. The van der Waals surface area contributed by atoms with Gasteiger partial charge in [0.15, 0.2) is 0 Å². The number of hydrogen-bond donors (Lipinski definition) is 0. The summed E-state index contributed by atoms with van der Waals surface area (Å²) in [5.74, 6) is 0. The van der Waals surface area contributed by atoms with Crippen molar-refractivity contribution in [1.82, 2.24) is 0 Å². The molecule has 0 aromatic carbocycles. The molecule has 1 unspecified atom stereocenters. The van der Waals surface area contributed by atoms with Gasteiger partial charge in [0.25, 0.3) is 0 Å². The van der Waals surface area contributed by atoms with Crippen LogP contribution in [0.3, 0.4) is 0 Å². The fourth-order valence-corrected chi connectivity index (χ4v) is 3.71. The topological polar surface area (TPSA) is 0 Å². The smallest absolute Gasteiger partial charge is 0.0690 e. The van der Waals surface area contributed by atoms with Gasteiger partial charge in [-0.15, -0.1) is 22.9 Å². The summed E-state index contributed by atoms with van der Waals surface area (Å²) in [6, 6.07) is 2.14. The highest BCUT2D eigenvalue weighted by molar-refractivity contribution is 9.10. The third-order valence-electron chi connectivity index (χ3n) is 1.93. The Morgan fingerprint density at radius 2 is 2.31 bits per heavy atom. The Labute approximate surface area is 97.4 Å². The zero-order valence-electron chi connectivity index (χ0n) is 7.94. The van der Waals surface area contributed by atoms with Gasteiger partial charge in [-0.1, -0.05) is 19.8 Å². The van der Waals surface area contributed by atoms with E-state index in [9.17, 15) is 0 Å². The summed E-state index contributed by atoms with van der Waals surface area (Å²) < 4.78 is 1.17. The van der Waals surface area contributed by atoms with E-state index < -0.39 is 0 Å². The van der Waals surface area contributed by atoms with Gasteiger partial charge in [0.2, 0.25) is 0 Å². The Bertz CT molecular complexity index is 270.